The van der Waals surface area contributed by atoms with Crippen LogP contribution in [0.5, 0.6) is 0 Å². The van der Waals surface area contributed by atoms with Crippen LogP contribution in [0.1, 0.15) is 5.82 Å². The van der Waals surface area contributed by atoms with Gasteiger partial charge in [-0.2, -0.15) is 4.98 Å². The Hall–Kier alpha value is -1.69. The zero-order chi connectivity index (χ0) is 11.6. The number of sulfone groups is 1. The van der Waals surface area contributed by atoms with Crippen LogP contribution in [-0.2, 0) is 15.6 Å². The van der Waals surface area contributed by atoms with Gasteiger partial charge in [0.2, 0.25) is 0 Å². The molecule has 0 aliphatic rings. The van der Waals surface area contributed by atoms with Gasteiger partial charge in [-0.1, -0.05) is 23.4 Å². The Kier molecular flexibility index (Phi) is 2.74. The molecule has 1 aromatic carbocycles. The summed E-state index contributed by atoms with van der Waals surface area (Å²) >= 11 is 0. The lowest BCUT2D eigenvalue weighted by Crippen LogP contribution is -2.02. The summed E-state index contributed by atoms with van der Waals surface area (Å²) in [6.45, 7) is 0. The van der Waals surface area contributed by atoms with Gasteiger partial charge in [-0.3, -0.25) is 0 Å². The quantitative estimate of drug-likeness (QED) is 0.805. The smallest absolute Gasteiger partial charge is 0.257 e. The van der Waals surface area contributed by atoms with E-state index in [9.17, 15) is 8.42 Å². The van der Waals surface area contributed by atoms with Gasteiger partial charge in [-0.25, -0.2) is 8.42 Å². The summed E-state index contributed by atoms with van der Waals surface area (Å²) in [5, 5.41) is 3.61. The summed E-state index contributed by atoms with van der Waals surface area (Å²) in [7, 11) is -3.13. The number of hydrogen-bond donors (Lipinski definition) is 0. The molecule has 0 radical (unpaired) electrons. The van der Waals surface area contributed by atoms with Gasteiger partial charge in [-0.15, -0.1) is 0 Å². The Labute approximate surface area is 93.0 Å². The highest BCUT2D eigenvalue weighted by Gasteiger charge is 2.12. The molecule has 0 saturated heterocycles. The Morgan fingerprint density at radius 3 is 2.56 bits per heavy atom. The van der Waals surface area contributed by atoms with Crippen molar-refractivity contribution in [2.24, 2.45) is 0 Å². The summed E-state index contributed by atoms with van der Waals surface area (Å²) in [4.78, 5) is 4.01. The van der Waals surface area contributed by atoms with Crippen LogP contribution < -0.4 is 0 Å². The molecule has 0 saturated carbocycles. The molecule has 0 spiro atoms. The van der Waals surface area contributed by atoms with Crippen LogP contribution in [0.25, 0.3) is 11.5 Å². The number of benzene rings is 1. The first-order valence-corrected chi connectivity index (χ1v) is 6.66. The van der Waals surface area contributed by atoms with Crippen molar-refractivity contribution in [2.45, 2.75) is 5.75 Å². The van der Waals surface area contributed by atoms with E-state index >= 15 is 0 Å². The van der Waals surface area contributed by atoms with Crippen LogP contribution in [0.4, 0.5) is 0 Å². The fraction of sp³-hybridized carbons (Fsp3) is 0.200. The second-order valence-electron chi connectivity index (χ2n) is 3.45. The van der Waals surface area contributed by atoms with Gasteiger partial charge in [0.1, 0.15) is 5.75 Å². The van der Waals surface area contributed by atoms with Gasteiger partial charge < -0.3 is 4.52 Å². The third kappa shape index (κ3) is 2.66. The van der Waals surface area contributed by atoms with Gasteiger partial charge in [0.25, 0.3) is 5.89 Å². The number of aromatic nitrogens is 2. The molecule has 1 aromatic heterocycles. The molecule has 0 aliphatic heterocycles. The third-order valence-corrected chi connectivity index (χ3v) is 2.66. The van der Waals surface area contributed by atoms with Crippen molar-refractivity contribution in [1.29, 1.82) is 0 Å². The van der Waals surface area contributed by atoms with E-state index in [1.807, 2.05) is 30.3 Å². The van der Waals surface area contributed by atoms with Crippen molar-refractivity contribution in [3.8, 4) is 11.5 Å². The lowest BCUT2D eigenvalue weighted by atomic mass is 10.2. The van der Waals surface area contributed by atoms with Crippen molar-refractivity contribution in [2.75, 3.05) is 6.26 Å². The Morgan fingerprint density at radius 2 is 1.94 bits per heavy atom. The maximum Gasteiger partial charge on any atom is 0.257 e. The Morgan fingerprint density at radius 1 is 1.25 bits per heavy atom. The third-order valence-electron chi connectivity index (χ3n) is 1.88. The van der Waals surface area contributed by atoms with Gasteiger partial charge in [0.15, 0.2) is 15.7 Å². The summed E-state index contributed by atoms with van der Waals surface area (Å²) in [5.74, 6) is 0.309. The summed E-state index contributed by atoms with van der Waals surface area (Å²) in [6.07, 6.45) is 1.13. The molecule has 0 bridgehead atoms. The minimum Gasteiger partial charge on any atom is -0.334 e. The SMILES string of the molecule is CS(=O)(=O)Cc1noc(-c2ccccc2)n1. The second-order valence-corrected chi connectivity index (χ2v) is 5.59. The summed E-state index contributed by atoms with van der Waals surface area (Å²) in [6, 6.07) is 9.19. The van der Waals surface area contributed by atoms with E-state index in [-0.39, 0.29) is 11.6 Å². The highest BCUT2D eigenvalue weighted by Crippen LogP contribution is 2.16. The van der Waals surface area contributed by atoms with Crippen LogP contribution in [-0.4, -0.2) is 24.8 Å². The molecule has 16 heavy (non-hydrogen) atoms. The van der Waals surface area contributed by atoms with Gasteiger partial charge >= 0.3 is 0 Å². The van der Waals surface area contributed by atoms with Crippen molar-refractivity contribution >= 4 is 9.84 Å². The van der Waals surface area contributed by atoms with E-state index < -0.39 is 9.84 Å². The van der Waals surface area contributed by atoms with Crippen LogP contribution in [0.3, 0.4) is 0 Å². The molecule has 0 N–H and O–H groups in total. The van der Waals surface area contributed by atoms with Gasteiger partial charge in [0, 0.05) is 11.8 Å². The van der Waals surface area contributed by atoms with Crippen LogP contribution in [0.15, 0.2) is 34.9 Å². The number of rotatable bonds is 3. The first kappa shape index (κ1) is 10.8. The molecule has 0 amide bonds. The number of nitrogens with zero attached hydrogens (tertiary/aromatic N) is 2. The lowest BCUT2D eigenvalue weighted by molar-refractivity contribution is 0.424. The molecule has 0 atom stereocenters. The maximum atomic E-state index is 11.0. The van der Waals surface area contributed by atoms with Crippen molar-refractivity contribution < 1.29 is 12.9 Å². The standard InChI is InChI=1S/C10H10N2O3S/c1-16(13,14)7-9-11-10(15-12-9)8-5-3-2-4-6-8/h2-6H,7H2,1H3. The Balaban J connectivity index is 2.27. The van der Waals surface area contributed by atoms with Crippen molar-refractivity contribution in [3.63, 3.8) is 0 Å². The molecule has 0 fully saturated rings. The highest BCUT2D eigenvalue weighted by atomic mass is 32.2. The molecule has 2 aromatic rings. The van der Waals surface area contributed by atoms with E-state index in [1.54, 1.807) is 0 Å². The second kappa shape index (κ2) is 4.05. The zero-order valence-electron chi connectivity index (χ0n) is 8.62. The van der Waals surface area contributed by atoms with E-state index in [0.29, 0.717) is 5.89 Å². The molecular weight excluding hydrogens is 228 g/mol. The molecule has 2 rings (SSSR count). The summed E-state index contributed by atoms with van der Waals surface area (Å²) < 4.78 is 27.0. The predicted molar refractivity (Wildman–Crippen MR) is 58.3 cm³/mol. The molecular formula is C10H10N2O3S. The monoisotopic (exact) mass is 238 g/mol. The highest BCUT2D eigenvalue weighted by molar-refractivity contribution is 7.89. The van der Waals surface area contributed by atoms with E-state index in [2.05, 4.69) is 10.1 Å². The average molecular weight is 238 g/mol. The minimum atomic E-state index is -3.13. The molecule has 0 aliphatic carbocycles. The van der Waals surface area contributed by atoms with Crippen molar-refractivity contribution in [3.05, 3.63) is 36.2 Å². The van der Waals surface area contributed by atoms with Crippen LogP contribution in [0, 0.1) is 0 Å². The predicted octanol–water partition coefficient (Wildman–Crippen LogP) is 1.28. The molecule has 5 nitrogen and oxygen atoms in total. The van der Waals surface area contributed by atoms with Gasteiger partial charge in [-0.05, 0) is 12.1 Å². The fourth-order valence-electron chi connectivity index (χ4n) is 1.25. The first-order chi connectivity index (χ1) is 7.54. The van der Waals surface area contributed by atoms with Crippen LogP contribution in [0.2, 0.25) is 0 Å². The summed E-state index contributed by atoms with van der Waals surface area (Å²) in [5.41, 5.74) is 0.773. The molecule has 6 heteroatoms. The molecule has 84 valence electrons. The fourth-order valence-corrected chi connectivity index (χ4v) is 1.83. The van der Waals surface area contributed by atoms with E-state index in [1.165, 1.54) is 0 Å². The molecule has 0 unspecified atom stereocenters. The minimum absolute atomic E-state index is 0.182. The number of hydrogen-bond acceptors (Lipinski definition) is 5. The first-order valence-electron chi connectivity index (χ1n) is 4.60. The lowest BCUT2D eigenvalue weighted by Gasteiger charge is -1.91. The van der Waals surface area contributed by atoms with Crippen LogP contribution >= 0.6 is 0 Å². The average Bonchev–Trinajstić information content (AvgIpc) is 2.65. The van der Waals surface area contributed by atoms with Gasteiger partial charge in [0.05, 0.1) is 0 Å². The van der Waals surface area contributed by atoms with Crippen molar-refractivity contribution in [1.82, 2.24) is 10.1 Å². The topological polar surface area (TPSA) is 73.1 Å². The zero-order valence-corrected chi connectivity index (χ0v) is 9.44. The van der Waals surface area contributed by atoms with E-state index in [0.717, 1.165) is 11.8 Å². The molecule has 1 heterocycles. The maximum absolute atomic E-state index is 11.0. The largest absolute Gasteiger partial charge is 0.334 e. The Bertz CT molecular complexity index is 575. The van der Waals surface area contributed by atoms with E-state index in [4.69, 9.17) is 4.52 Å². The normalized spacial score (nSPS) is 11.6.